The molecular weight excluding hydrogens is 991 g/mol. The lowest BCUT2D eigenvalue weighted by Gasteiger charge is -2.28. The van der Waals surface area contributed by atoms with Crippen molar-refractivity contribution >= 4 is 78.4 Å². The molecule has 0 saturated carbocycles. The van der Waals surface area contributed by atoms with Gasteiger partial charge < -0.3 is 37.6 Å². The summed E-state index contributed by atoms with van der Waals surface area (Å²) < 4.78 is 2.14. The van der Waals surface area contributed by atoms with Gasteiger partial charge >= 0.3 is 0 Å². The molecule has 0 atom stereocenters. The van der Waals surface area contributed by atoms with Crippen molar-refractivity contribution in [3.63, 3.8) is 0 Å². The van der Waals surface area contributed by atoms with Crippen molar-refractivity contribution in [2.45, 2.75) is 65.8 Å². The smallest absolute Gasteiger partial charge is 0.187 e. The van der Waals surface area contributed by atoms with Gasteiger partial charge in [0.1, 0.15) is 5.65 Å². The van der Waals surface area contributed by atoms with E-state index in [-0.39, 0.29) is 0 Å². The molecule has 77 heavy (non-hydrogen) atoms. The molecule has 0 radical (unpaired) electrons. The van der Waals surface area contributed by atoms with Crippen molar-refractivity contribution in [1.29, 1.82) is 0 Å². The Morgan fingerprint density at radius 1 is 0.714 bits per heavy atom. The van der Waals surface area contributed by atoms with Crippen LogP contribution in [0.1, 0.15) is 80.9 Å². The van der Waals surface area contributed by atoms with E-state index < -0.39 is 0 Å². The number of para-hydroxylation sites is 2. The summed E-state index contributed by atoms with van der Waals surface area (Å²) in [6.45, 7) is 25.4. The second-order valence-corrected chi connectivity index (χ2v) is 21.1. The van der Waals surface area contributed by atoms with Gasteiger partial charge in [-0.2, -0.15) is 0 Å². The van der Waals surface area contributed by atoms with Crippen LogP contribution in [-0.2, 0) is 6.54 Å². The molecule has 0 amide bonds. The third kappa shape index (κ3) is 13.7. The van der Waals surface area contributed by atoms with E-state index in [9.17, 15) is 0 Å². The number of hydrogen-bond donors (Lipinski definition) is 6. The van der Waals surface area contributed by atoms with Crippen molar-refractivity contribution in [2.75, 3.05) is 54.4 Å². The van der Waals surface area contributed by atoms with Crippen LogP contribution in [0.4, 0.5) is 33.0 Å². The van der Waals surface area contributed by atoms with Gasteiger partial charge in [0.05, 0.1) is 44.4 Å². The number of likely N-dealkylation sites (tertiary alicyclic amines) is 2. The number of rotatable bonds is 17. The molecule has 7 heterocycles. The first-order valence-corrected chi connectivity index (χ1v) is 28.3. The van der Waals surface area contributed by atoms with Gasteiger partial charge in [-0.05, 0) is 155 Å². The second-order valence-electron chi connectivity index (χ2n) is 19.1. The standard InChI is InChI=1S/C31H36N6S.C29H29N7S.C2H6/c1-4-29(37-21-24(12-11-22(37)2)20-36-17-7-8-18-36)30-19-33-31(38-30)35-26-15-13-25(14-16-26)23(3)34-28-10-6-5-9-27(28)32;1-20(33-25-7-3-2-6-24(25)30)22-8-10-23(11-9-22)34-29-32-18-27(37-29)26-17-31-28-16-21(12-15-36(26)28)19-35-13-4-5-14-35;1-2/h4,6,10-16,19,21,34H,2-3,5,7-9,17-18,20,32H2,1H3,(H,33,35);2-3,6-12,15-18,33H,1,4-5,13-14,19,30H2,(H,32,34);1-2H3/b29-4-;;. The molecule has 2 saturated heterocycles. The zero-order valence-electron chi connectivity index (χ0n) is 44.6. The molecular formula is C62H71N13S2. The quantitative estimate of drug-likeness (QED) is 0.0481. The van der Waals surface area contributed by atoms with Crippen LogP contribution in [0.15, 0.2) is 189 Å². The van der Waals surface area contributed by atoms with E-state index in [0.717, 1.165) is 120 Å². The summed E-state index contributed by atoms with van der Waals surface area (Å²) in [7, 11) is 0. The molecule has 396 valence electrons. The molecule has 0 bridgehead atoms. The Bertz CT molecular complexity index is 3340. The Morgan fingerprint density at radius 3 is 2.01 bits per heavy atom. The van der Waals surface area contributed by atoms with Crippen LogP contribution in [0.25, 0.3) is 33.3 Å². The van der Waals surface area contributed by atoms with Gasteiger partial charge in [-0.3, -0.25) is 14.2 Å². The SMILES string of the molecule is C=C(NC1=C(N)CCC=C1)c1ccc(Nc2ncc(/C(=C/C)N3C=C(CN4CCCC4)C=CC3=C)s2)cc1.C=C(Nc1ccccc1N)c1ccc(Nc2ncc(-c3cnc4cc(CN5CCCC5)ccn34)s2)cc1.CC. The number of anilines is 6. The monoisotopic (exact) mass is 1060 g/mol. The first-order chi connectivity index (χ1) is 37.6. The van der Waals surface area contributed by atoms with Crippen LogP contribution in [0.3, 0.4) is 0 Å². The van der Waals surface area contributed by atoms with Gasteiger partial charge in [0.15, 0.2) is 10.3 Å². The molecule has 4 aliphatic rings. The summed E-state index contributed by atoms with van der Waals surface area (Å²) in [5.41, 5.74) is 27.7. The molecule has 13 nitrogen and oxygen atoms in total. The Labute approximate surface area is 462 Å². The van der Waals surface area contributed by atoms with Gasteiger partial charge in [0.25, 0.3) is 0 Å². The van der Waals surface area contributed by atoms with E-state index in [1.54, 1.807) is 22.7 Å². The normalized spacial score (nSPS) is 15.7. The summed E-state index contributed by atoms with van der Waals surface area (Å²) in [6, 6.07) is 28.3. The zero-order chi connectivity index (χ0) is 53.7. The lowest BCUT2D eigenvalue weighted by Crippen LogP contribution is -2.24. The predicted octanol–water partition coefficient (Wildman–Crippen LogP) is 14.2. The van der Waals surface area contributed by atoms with Crippen LogP contribution >= 0.6 is 22.7 Å². The lowest BCUT2D eigenvalue weighted by molar-refractivity contribution is 0.331. The number of aromatic nitrogens is 4. The van der Waals surface area contributed by atoms with Crippen LogP contribution in [0.5, 0.6) is 0 Å². The number of nitrogens with two attached hydrogens (primary N) is 2. The summed E-state index contributed by atoms with van der Waals surface area (Å²) in [4.78, 5) is 23.3. The molecule has 0 spiro atoms. The summed E-state index contributed by atoms with van der Waals surface area (Å²) in [5, 5.41) is 15.2. The van der Waals surface area contributed by atoms with Crippen molar-refractivity contribution < 1.29 is 0 Å². The fraction of sp³-hybridized carbons (Fsp3) is 0.242. The van der Waals surface area contributed by atoms with Crippen molar-refractivity contribution in [1.82, 2.24) is 39.4 Å². The molecule has 0 unspecified atom stereocenters. The second kappa shape index (κ2) is 25.7. The van der Waals surface area contributed by atoms with E-state index >= 15 is 0 Å². The zero-order valence-corrected chi connectivity index (χ0v) is 46.2. The average Bonchev–Trinajstić information content (AvgIpc) is 4.34. The number of thiazole rings is 2. The maximum absolute atomic E-state index is 6.13. The van der Waals surface area contributed by atoms with Crippen molar-refractivity contribution in [2.24, 2.45) is 5.73 Å². The number of nitrogen functional groups attached to an aromatic ring is 1. The van der Waals surface area contributed by atoms with Gasteiger partial charge in [-0.15, -0.1) is 0 Å². The minimum absolute atomic E-state index is 0.690. The number of imidazole rings is 1. The van der Waals surface area contributed by atoms with Crippen molar-refractivity contribution in [3.05, 3.63) is 210 Å². The first kappa shape index (κ1) is 53.9. The maximum atomic E-state index is 6.13. The number of nitrogens with one attached hydrogen (secondary N) is 4. The lowest BCUT2D eigenvalue weighted by atomic mass is 10.1. The van der Waals surface area contributed by atoms with Gasteiger partial charge in [0, 0.05) is 72.0 Å². The van der Waals surface area contributed by atoms with E-state index in [1.165, 1.54) is 63.0 Å². The van der Waals surface area contributed by atoms with Crippen LogP contribution in [0.2, 0.25) is 0 Å². The first-order valence-electron chi connectivity index (χ1n) is 26.6. The highest BCUT2D eigenvalue weighted by Crippen LogP contribution is 2.35. The molecule has 2 fully saturated rings. The van der Waals surface area contributed by atoms with Crippen LogP contribution < -0.4 is 32.7 Å². The number of pyridine rings is 1. The topological polar surface area (TPSA) is 153 Å². The fourth-order valence-electron chi connectivity index (χ4n) is 9.54. The molecule has 3 aromatic carbocycles. The van der Waals surface area contributed by atoms with Gasteiger partial charge in [0.2, 0.25) is 0 Å². The van der Waals surface area contributed by atoms with E-state index in [1.807, 2.05) is 111 Å². The Hall–Kier alpha value is -7.95. The fourth-order valence-corrected chi connectivity index (χ4v) is 11.3. The Kier molecular flexibility index (Phi) is 18.0. The van der Waals surface area contributed by atoms with Gasteiger partial charge in [-0.25, -0.2) is 15.0 Å². The Balaban J connectivity index is 0.000000182. The molecule has 3 aliphatic heterocycles. The maximum Gasteiger partial charge on any atom is 0.187 e. The third-order valence-electron chi connectivity index (χ3n) is 13.6. The van der Waals surface area contributed by atoms with E-state index in [2.05, 4.69) is 131 Å². The third-order valence-corrected chi connectivity index (χ3v) is 15.5. The number of benzene rings is 3. The highest BCUT2D eigenvalue weighted by molar-refractivity contribution is 7.19. The average molecular weight is 1060 g/mol. The Morgan fingerprint density at radius 2 is 1.35 bits per heavy atom. The summed E-state index contributed by atoms with van der Waals surface area (Å²) in [6.07, 6.45) is 27.7. The largest absolute Gasteiger partial charge is 0.400 e. The molecule has 1 aliphatic carbocycles. The van der Waals surface area contributed by atoms with E-state index in [4.69, 9.17) is 11.5 Å². The van der Waals surface area contributed by atoms with Crippen molar-refractivity contribution in [3.8, 4) is 10.6 Å². The number of fused-ring (bicyclic) bond motifs is 1. The molecule has 8 N–H and O–H groups in total. The molecule has 11 rings (SSSR count). The van der Waals surface area contributed by atoms with Crippen LogP contribution in [0, 0.1) is 0 Å². The van der Waals surface area contributed by atoms with E-state index in [0.29, 0.717) is 5.69 Å². The summed E-state index contributed by atoms with van der Waals surface area (Å²) in [5.74, 6) is 0. The minimum atomic E-state index is 0.690. The highest BCUT2D eigenvalue weighted by atomic mass is 32.1. The number of hydrogen-bond acceptors (Lipinski definition) is 14. The van der Waals surface area contributed by atoms with Crippen LogP contribution in [-0.4, -0.2) is 66.8 Å². The highest BCUT2D eigenvalue weighted by Gasteiger charge is 2.21. The molecule has 15 heteroatoms. The predicted molar refractivity (Wildman–Crippen MR) is 327 cm³/mol. The molecule has 4 aromatic heterocycles. The number of allylic oxidation sites excluding steroid dienone is 5. The van der Waals surface area contributed by atoms with Gasteiger partial charge in [-0.1, -0.05) is 111 Å². The summed E-state index contributed by atoms with van der Waals surface area (Å²) >= 11 is 3.24. The minimum Gasteiger partial charge on any atom is -0.400 e. The number of nitrogens with zero attached hydrogens (tertiary/aromatic N) is 7. The molecule has 7 aromatic rings.